The molecule has 2 aromatic rings. The molecule has 0 radical (unpaired) electrons. The van der Waals surface area contributed by atoms with E-state index in [0.717, 1.165) is 6.07 Å². The van der Waals surface area contributed by atoms with Crippen molar-refractivity contribution in [3.8, 4) is 0 Å². The highest BCUT2D eigenvalue weighted by atomic mass is 19.2. The van der Waals surface area contributed by atoms with Gasteiger partial charge in [0.2, 0.25) is 0 Å². The van der Waals surface area contributed by atoms with Gasteiger partial charge in [-0.2, -0.15) is 0 Å². The van der Waals surface area contributed by atoms with Gasteiger partial charge in [0.05, 0.1) is 11.7 Å². The van der Waals surface area contributed by atoms with Crippen LogP contribution < -0.4 is 5.32 Å². The van der Waals surface area contributed by atoms with Crippen LogP contribution in [0.1, 0.15) is 18.8 Å². The van der Waals surface area contributed by atoms with Gasteiger partial charge in [0.25, 0.3) is 0 Å². The smallest absolute Gasteiger partial charge is 0.182 e. The fourth-order valence-corrected chi connectivity index (χ4v) is 1.75. The van der Waals surface area contributed by atoms with Crippen molar-refractivity contribution < 1.29 is 13.2 Å². The predicted octanol–water partition coefficient (Wildman–Crippen LogP) is 3.01. The summed E-state index contributed by atoms with van der Waals surface area (Å²) in [6.07, 6.45) is 3.33. The molecular weight excluding hydrogens is 243 g/mol. The van der Waals surface area contributed by atoms with E-state index in [-0.39, 0.29) is 11.7 Å². The minimum Gasteiger partial charge on any atom is -0.373 e. The summed E-state index contributed by atoms with van der Waals surface area (Å²) in [4.78, 5) is 4.08. The second-order valence-corrected chi connectivity index (χ2v) is 4.01. The van der Waals surface area contributed by atoms with Gasteiger partial charge >= 0.3 is 0 Å². The molecule has 1 aromatic heterocycles. The molecule has 1 heterocycles. The number of nitrogens with zero attached hydrogens (tertiary/aromatic N) is 2. The van der Waals surface area contributed by atoms with Crippen LogP contribution in [0.5, 0.6) is 0 Å². The number of rotatable bonds is 3. The highest BCUT2D eigenvalue weighted by Gasteiger charge is 2.15. The van der Waals surface area contributed by atoms with Gasteiger partial charge in [-0.05, 0) is 6.92 Å². The Balaban J connectivity index is 2.27. The zero-order valence-corrected chi connectivity index (χ0v) is 9.92. The number of halogens is 3. The fourth-order valence-electron chi connectivity index (χ4n) is 1.75. The number of aryl methyl sites for hydroxylation is 1. The van der Waals surface area contributed by atoms with Crippen LogP contribution >= 0.6 is 0 Å². The Labute approximate surface area is 102 Å². The molecule has 0 aliphatic heterocycles. The summed E-state index contributed by atoms with van der Waals surface area (Å²) in [5.74, 6) is -2.51. The molecule has 18 heavy (non-hydrogen) atoms. The summed E-state index contributed by atoms with van der Waals surface area (Å²) in [5, 5.41) is 2.70. The Kier molecular flexibility index (Phi) is 3.27. The molecule has 0 saturated carbocycles. The summed E-state index contributed by atoms with van der Waals surface area (Å²) in [6.45, 7) is 1.73. The summed E-state index contributed by atoms with van der Waals surface area (Å²) >= 11 is 0. The number of anilines is 1. The fraction of sp³-hybridized carbons (Fsp3) is 0.250. The molecule has 0 bridgehead atoms. The van der Waals surface area contributed by atoms with Crippen molar-refractivity contribution in [3.05, 3.63) is 47.8 Å². The molecule has 1 atom stereocenters. The summed E-state index contributed by atoms with van der Waals surface area (Å²) in [5.41, 5.74) is -0.219. The number of imidazole rings is 1. The first kappa shape index (κ1) is 12.5. The Bertz CT molecular complexity index is 566. The van der Waals surface area contributed by atoms with Crippen LogP contribution in [0.15, 0.2) is 24.5 Å². The summed E-state index contributed by atoms with van der Waals surface area (Å²) in [7, 11) is 1.78. The lowest BCUT2D eigenvalue weighted by Gasteiger charge is -2.15. The molecule has 0 spiro atoms. The molecule has 1 aromatic carbocycles. The number of aromatic nitrogens is 2. The molecule has 1 unspecified atom stereocenters. The highest BCUT2D eigenvalue weighted by molar-refractivity contribution is 5.46. The van der Waals surface area contributed by atoms with Crippen molar-refractivity contribution in [3.63, 3.8) is 0 Å². The van der Waals surface area contributed by atoms with Crippen molar-refractivity contribution in [2.45, 2.75) is 13.0 Å². The van der Waals surface area contributed by atoms with E-state index in [1.807, 2.05) is 0 Å². The van der Waals surface area contributed by atoms with Crippen LogP contribution in [0.4, 0.5) is 18.9 Å². The Morgan fingerprint density at radius 3 is 2.61 bits per heavy atom. The third-order valence-corrected chi connectivity index (χ3v) is 2.61. The maximum absolute atomic E-state index is 13.5. The van der Waals surface area contributed by atoms with Crippen LogP contribution in [0.3, 0.4) is 0 Å². The van der Waals surface area contributed by atoms with Gasteiger partial charge < -0.3 is 9.88 Å². The van der Waals surface area contributed by atoms with E-state index in [1.54, 1.807) is 30.9 Å². The monoisotopic (exact) mass is 255 g/mol. The van der Waals surface area contributed by atoms with Gasteiger partial charge in [-0.15, -0.1) is 0 Å². The van der Waals surface area contributed by atoms with E-state index in [9.17, 15) is 13.2 Å². The van der Waals surface area contributed by atoms with Crippen LogP contribution in [0.25, 0.3) is 0 Å². The molecule has 96 valence electrons. The van der Waals surface area contributed by atoms with E-state index < -0.39 is 17.5 Å². The van der Waals surface area contributed by atoms with Crippen molar-refractivity contribution in [1.82, 2.24) is 9.55 Å². The molecule has 0 amide bonds. The lowest BCUT2D eigenvalue weighted by atomic mass is 10.2. The van der Waals surface area contributed by atoms with E-state index in [0.29, 0.717) is 11.9 Å². The SMILES string of the molecule is CC(Nc1cc(F)cc(F)c1F)c1nccn1C. The molecule has 1 N–H and O–H groups in total. The predicted molar refractivity (Wildman–Crippen MR) is 61.6 cm³/mol. The van der Waals surface area contributed by atoms with Crippen LogP contribution in [-0.2, 0) is 7.05 Å². The molecule has 0 aliphatic carbocycles. The molecule has 6 heteroatoms. The molecule has 3 nitrogen and oxygen atoms in total. The second kappa shape index (κ2) is 4.72. The van der Waals surface area contributed by atoms with Gasteiger partial charge in [0.1, 0.15) is 11.6 Å². The first-order valence-corrected chi connectivity index (χ1v) is 5.37. The highest BCUT2D eigenvalue weighted by Crippen LogP contribution is 2.23. The van der Waals surface area contributed by atoms with E-state index in [4.69, 9.17) is 0 Å². The maximum atomic E-state index is 13.5. The zero-order chi connectivity index (χ0) is 13.3. The Hall–Kier alpha value is -1.98. The molecule has 0 fully saturated rings. The first-order valence-electron chi connectivity index (χ1n) is 5.37. The van der Waals surface area contributed by atoms with Crippen LogP contribution in [0, 0.1) is 17.5 Å². The molecule has 0 saturated heterocycles. The Morgan fingerprint density at radius 2 is 2.00 bits per heavy atom. The lowest BCUT2D eigenvalue weighted by Crippen LogP contribution is -2.13. The first-order chi connectivity index (χ1) is 8.49. The molecule has 2 rings (SSSR count). The largest absolute Gasteiger partial charge is 0.373 e. The second-order valence-electron chi connectivity index (χ2n) is 4.01. The van der Waals surface area contributed by atoms with E-state index in [1.165, 1.54) is 0 Å². The quantitative estimate of drug-likeness (QED) is 0.854. The molecule has 0 aliphatic rings. The van der Waals surface area contributed by atoms with Gasteiger partial charge in [0, 0.05) is 31.6 Å². The van der Waals surface area contributed by atoms with Crippen molar-refractivity contribution in [1.29, 1.82) is 0 Å². The molecular formula is C12H12F3N3. The number of hydrogen-bond acceptors (Lipinski definition) is 2. The number of nitrogens with one attached hydrogen (secondary N) is 1. The van der Waals surface area contributed by atoms with Crippen LogP contribution in [0.2, 0.25) is 0 Å². The average Bonchev–Trinajstić information content (AvgIpc) is 2.71. The third kappa shape index (κ3) is 2.32. The van der Waals surface area contributed by atoms with Crippen molar-refractivity contribution in [2.24, 2.45) is 7.05 Å². The Morgan fingerprint density at radius 1 is 1.28 bits per heavy atom. The van der Waals surface area contributed by atoms with Crippen molar-refractivity contribution >= 4 is 5.69 Å². The summed E-state index contributed by atoms with van der Waals surface area (Å²) < 4.78 is 41.2. The van der Waals surface area contributed by atoms with Gasteiger partial charge in [-0.3, -0.25) is 0 Å². The van der Waals surface area contributed by atoms with Gasteiger partial charge in [-0.25, -0.2) is 18.2 Å². The van der Waals surface area contributed by atoms with Gasteiger partial charge in [-0.1, -0.05) is 0 Å². The standard InChI is InChI=1S/C12H12F3N3/c1-7(12-16-3-4-18(12)2)17-10-6-8(13)5-9(14)11(10)15/h3-7,17H,1-2H3. The number of hydrogen-bond donors (Lipinski definition) is 1. The zero-order valence-electron chi connectivity index (χ0n) is 9.92. The summed E-state index contributed by atoms with van der Waals surface area (Å²) in [6, 6.07) is 1.05. The lowest BCUT2D eigenvalue weighted by molar-refractivity contribution is 0.496. The third-order valence-electron chi connectivity index (χ3n) is 2.61. The van der Waals surface area contributed by atoms with E-state index >= 15 is 0 Å². The topological polar surface area (TPSA) is 29.9 Å². The number of benzene rings is 1. The van der Waals surface area contributed by atoms with Crippen LogP contribution in [-0.4, -0.2) is 9.55 Å². The maximum Gasteiger partial charge on any atom is 0.182 e. The van der Waals surface area contributed by atoms with Crippen molar-refractivity contribution in [2.75, 3.05) is 5.32 Å². The average molecular weight is 255 g/mol. The van der Waals surface area contributed by atoms with Gasteiger partial charge in [0.15, 0.2) is 11.6 Å². The normalized spacial score (nSPS) is 12.5. The minimum atomic E-state index is -1.22. The minimum absolute atomic E-state index is 0.219. The van der Waals surface area contributed by atoms with E-state index in [2.05, 4.69) is 10.3 Å².